The normalized spacial score (nSPS) is 17.9. The van der Waals surface area contributed by atoms with Crippen molar-refractivity contribution in [3.63, 3.8) is 0 Å². The molecule has 0 saturated carbocycles. The van der Waals surface area contributed by atoms with E-state index in [2.05, 4.69) is 27.5 Å². The first-order valence-corrected chi connectivity index (χ1v) is 12.9. The predicted molar refractivity (Wildman–Crippen MR) is 153 cm³/mol. The SMILES string of the molecule is CC#CCOc1ccc2c(c1)C(=S)N(C[C@]1(c3ccc(-c4cccc5ncccc45)cc3)NC(=O)NC1=O)C2. The zero-order valence-corrected chi connectivity index (χ0v) is 22.0. The molecule has 3 heterocycles. The molecule has 0 spiro atoms. The third-order valence-corrected chi connectivity index (χ3v) is 7.63. The Kier molecular flexibility index (Phi) is 6.21. The summed E-state index contributed by atoms with van der Waals surface area (Å²) < 4.78 is 5.71. The highest BCUT2D eigenvalue weighted by molar-refractivity contribution is 7.80. The molecule has 192 valence electrons. The molecule has 2 aliphatic rings. The van der Waals surface area contributed by atoms with Crippen LogP contribution in [0.3, 0.4) is 0 Å². The summed E-state index contributed by atoms with van der Waals surface area (Å²) in [7, 11) is 0. The number of rotatable bonds is 6. The molecule has 1 fully saturated rings. The highest BCUT2D eigenvalue weighted by atomic mass is 32.1. The molecule has 0 radical (unpaired) electrons. The summed E-state index contributed by atoms with van der Waals surface area (Å²) in [5, 5.41) is 6.36. The first-order chi connectivity index (χ1) is 19.0. The van der Waals surface area contributed by atoms with Crippen molar-refractivity contribution in [3.8, 4) is 28.7 Å². The molecule has 0 aliphatic carbocycles. The Morgan fingerprint density at radius 2 is 1.90 bits per heavy atom. The van der Waals surface area contributed by atoms with Crippen LogP contribution in [0.25, 0.3) is 22.0 Å². The van der Waals surface area contributed by atoms with Crippen LogP contribution >= 0.6 is 12.2 Å². The van der Waals surface area contributed by atoms with E-state index in [1.165, 1.54) is 0 Å². The van der Waals surface area contributed by atoms with E-state index < -0.39 is 17.5 Å². The van der Waals surface area contributed by atoms with Gasteiger partial charge in [-0.2, -0.15) is 0 Å². The molecule has 3 amide bonds. The van der Waals surface area contributed by atoms with Crippen molar-refractivity contribution in [1.82, 2.24) is 20.5 Å². The molecular formula is C31H24N4O3S. The standard InChI is InChI=1S/C31H24N4O3S/c1-2-3-16-38-23-14-11-21-18-35(28(39)26(21)17-23)19-31(29(36)33-30(37)34-31)22-12-9-20(10-13-22)24-6-4-8-27-25(24)7-5-15-32-27/h4-15,17H,16,18-19H2,1H3,(H2,33,34,36,37)/t31-/m1/s1. The molecule has 39 heavy (non-hydrogen) atoms. The Balaban J connectivity index is 1.30. The summed E-state index contributed by atoms with van der Waals surface area (Å²) in [6.07, 6.45) is 1.77. The van der Waals surface area contributed by atoms with Gasteiger partial charge in [0.15, 0.2) is 5.54 Å². The van der Waals surface area contributed by atoms with Gasteiger partial charge >= 0.3 is 6.03 Å². The second kappa shape index (κ2) is 9.86. The number of carbonyl (C=O) groups excluding carboxylic acids is 2. The summed E-state index contributed by atoms with van der Waals surface area (Å²) in [5.41, 5.74) is 4.24. The van der Waals surface area contributed by atoms with Crippen LogP contribution < -0.4 is 15.4 Å². The van der Waals surface area contributed by atoms with Crippen LogP contribution in [-0.4, -0.2) is 40.0 Å². The van der Waals surface area contributed by atoms with E-state index >= 15 is 0 Å². The Bertz CT molecular complexity index is 1700. The van der Waals surface area contributed by atoms with Gasteiger partial charge in [-0.05, 0) is 53.4 Å². The lowest BCUT2D eigenvalue weighted by molar-refractivity contribution is -0.124. The van der Waals surface area contributed by atoms with Gasteiger partial charge in [0.2, 0.25) is 0 Å². The number of urea groups is 1. The lowest BCUT2D eigenvalue weighted by Gasteiger charge is -2.32. The molecule has 2 N–H and O–H groups in total. The number of ether oxygens (including phenoxy) is 1. The van der Waals surface area contributed by atoms with Crippen LogP contribution in [0.1, 0.15) is 23.6 Å². The number of imide groups is 1. The zero-order chi connectivity index (χ0) is 27.0. The van der Waals surface area contributed by atoms with E-state index in [0.717, 1.165) is 33.2 Å². The molecule has 2 aliphatic heterocycles. The molecule has 0 bridgehead atoms. The monoisotopic (exact) mass is 532 g/mol. The first kappa shape index (κ1) is 24.6. The van der Waals surface area contributed by atoms with E-state index in [1.54, 1.807) is 13.1 Å². The van der Waals surface area contributed by atoms with Gasteiger partial charge in [0, 0.05) is 23.7 Å². The van der Waals surface area contributed by atoms with Gasteiger partial charge in [-0.3, -0.25) is 15.1 Å². The molecule has 3 aromatic carbocycles. The fraction of sp³-hybridized carbons (Fsp3) is 0.161. The number of hydrogen-bond acceptors (Lipinski definition) is 5. The summed E-state index contributed by atoms with van der Waals surface area (Å²) in [6, 6.07) is 22.9. The minimum absolute atomic E-state index is 0.188. The number of hydrogen-bond donors (Lipinski definition) is 2. The predicted octanol–water partition coefficient (Wildman–Crippen LogP) is 4.53. The van der Waals surface area contributed by atoms with Crippen molar-refractivity contribution in [2.45, 2.75) is 19.0 Å². The smallest absolute Gasteiger partial charge is 0.322 e. The Morgan fingerprint density at radius 1 is 1.05 bits per heavy atom. The number of benzene rings is 3. The van der Waals surface area contributed by atoms with Gasteiger partial charge in [-0.25, -0.2) is 4.79 Å². The fourth-order valence-electron chi connectivity index (χ4n) is 5.22. The number of nitrogens with one attached hydrogen (secondary N) is 2. The van der Waals surface area contributed by atoms with Crippen molar-refractivity contribution in [2.24, 2.45) is 0 Å². The average molecular weight is 533 g/mol. The Morgan fingerprint density at radius 3 is 2.67 bits per heavy atom. The minimum Gasteiger partial charge on any atom is -0.481 e. The highest BCUT2D eigenvalue weighted by Crippen LogP contribution is 2.35. The zero-order valence-electron chi connectivity index (χ0n) is 21.2. The first-order valence-electron chi connectivity index (χ1n) is 12.5. The summed E-state index contributed by atoms with van der Waals surface area (Å²) in [6.45, 7) is 2.77. The van der Waals surface area contributed by atoms with Gasteiger partial charge in [-0.1, -0.05) is 66.7 Å². The van der Waals surface area contributed by atoms with E-state index in [1.807, 2.05) is 77.7 Å². The van der Waals surface area contributed by atoms with E-state index in [0.29, 0.717) is 29.5 Å². The highest BCUT2D eigenvalue weighted by Gasteiger charge is 2.50. The molecule has 1 aromatic heterocycles. The molecule has 1 atom stereocenters. The molecule has 1 saturated heterocycles. The summed E-state index contributed by atoms with van der Waals surface area (Å²) in [5.74, 6) is 5.97. The molecule has 8 heteroatoms. The van der Waals surface area contributed by atoms with Gasteiger partial charge in [0.25, 0.3) is 5.91 Å². The summed E-state index contributed by atoms with van der Waals surface area (Å²) in [4.78, 5) is 32.7. The largest absolute Gasteiger partial charge is 0.481 e. The summed E-state index contributed by atoms with van der Waals surface area (Å²) >= 11 is 5.81. The number of aromatic nitrogens is 1. The van der Waals surface area contributed by atoms with Crippen molar-refractivity contribution >= 4 is 40.0 Å². The van der Waals surface area contributed by atoms with Gasteiger partial charge in [0.05, 0.1) is 12.1 Å². The Hall–Kier alpha value is -4.74. The Labute approximate surface area is 231 Å². The maximum atomic E-state index is 13.3. The van der Waals surface area contributed by atoms with Gasteiger partial charge in [0.1, 0.15) is 17.3 Å². The topological polar surface area (TPSA) is 83.6 Å². The van der Waals surface area contributed by atoms with Crippen LogP contribution in [-0.2, 0) is 16.9 Å². The van der Waals surface area contributed by atoms with Crippen LogP contribution in [0.5, 0.6) is 5.75 Å². The minimum atomic E-state index is -1.29. The van der Waals surface area contributed by atoms with Crippen LogP contribution in [0.4, 0.5) is 4.79 Å². The third-order valence-electron chi connectivity index (χ3n) is 7.15. The van der Waals surface area contributed by atoms with Crippen LogP contribution in [0.2, 0.25) is 0 Å². The van der Waals surface area contributed by atoms with Gasteiger partial charge in [-0.15, -0.1) is 5.92 Å². The second-order valence-electron chi connectivity index (χ2n) is 9.46. The maximum absolute atomic E-state index is 13.3. The number of nitrogens with zero attached hydrogens (tertiary/aromatic N) is 2. The number of fused-ring (bicyclic) bond motifs is 2. The average Bonchev–Trinajstić information content (AvgIpc) is 3.42. The van der Waals surface area contributed by atoms with Crippen molar-refractivity contribution < 1.29 is 14.3 Å². The number of amides is 3. The number of thiocarbonyl (C=S) groups is 1. The van der Waals surface area contributed by atoms with Crippen molar-refractivity contribution in [2.75, 3.05) is 13.2 Å². The fourth-order valence-corrected chi connectivity index (χ4v) is 5.54. The van der Waals surface area contributed by atoms with Crippen molar-refractivity contribution in [3.05, 3.63) is 95.7 Å². The quantitative estimate of drug-likeness (QED) is 0.216. The van der Waals surface area contributed by atoms with E-state index in [9.17, 15) is 9.59 Å². The lowest BCUT2D eigenvalue weighted by Crippen LogP contribution is -2.52. The molecule has 6 rings (SSSR count). The number of pyridine rings is 1. The molecule has 7 nitrogen and oxygen atoms in total. The second-order valence-corrected chi connectivity index (χ2v) is 9.85. The molecule has 0 unspecified atom stereocenters. The van der Waals surface area contributed by atoms with Crippen LogP contribution in [0.15, 0.2) is 79.0 Å². The van der Waals surface area contributed by atoms with Crippen molar-refractivity contribution in [1.29, 1.82) is 0 Å². The maximum Gasteiger partial charge on any atom is 0.322 e. The molecule has 4 aromatic rings. The van der Waals surface area contributed by atoms with Crippen LogP contribution in [0, 0.1) is 11.8 Å². The molecular weight excluding hydrogens is 508 g/mol. The van der Waals surface area contributed by atoms with E-state index in [4.69, 9.17) is 17.0 Å². The van der Waals surface area contributed by atoms with E-state index in [-0.39, 0.29) is 6.54 Å². The third kappa shape index (κ3) is 4.37. The number of carbonyl (C=O) groups is 2. The lowest BCUT2D eigenvalue weighted by atomic mass is 9.87. The van der Waals surface area contributed by atoms with Gasteiger partial charge < -0.3 is 15.0 Å².